The number of pyridine rings is 1. The second kappa shape index (κ2) is 9.51. The van der Waals surface area contributed by atoms with Crippen LogP contribution in [0.5, 0.6) is 0 Å². The lowest BCUT2D eigenvalue weighted by atomic mass is 10.0. The molecule has 1 amide bonds. The molecule has 3 N–H and O–H groups in total. The molecule has 1 aromatic carbocycles. The van der Waals surface area contributed by atoms with Crippen molar-refractivity contribution in [3.05, 3.63) is 87.5 Å². The number of ether oxygens (including phenoxy) is 1. The molecule has 0 atom stereocenters. The Labute approximate surface area is 201 Å². The largest absolute Gasteiger partial charge is 0.383 e. The molecule has 0 bridgehead atoms. The SMILES string of the molecule is Cc1ccc(C(=O)NCc2ccsc2)c(C#Cc2cc(-c3cnn(C4COC4)c3)cnc2N)c1. The maximum atomic E-state index is 12.8. The van der Waals surface area contributed by atoms with Crippen molar-refractivity contribution in [2.75, 3.05) is 18.9 Å². The zero-order valence-corrected chi connectivity index (χ0v) is 19.4. The summed E-state index contributed by atoms with van der Waals surface area (Å²) >= 11 is 1.60. The fourth-order valence-electron chi connectivity index (χ4n) is 3.56. The minimum Gasteiger partial charge on any atom is -0.383 e. The number of hydrogen-bond acceptors (Lipinski definition) is 6. The Bertz CT molecular complexity index is 1390. The van der Waals surface area contributed by atoms with Gasteiger partial charge in [0.05, 0.1) is 36.6 Å². The van der Waals surface area contributed by atoms with E-state index in [1.807, 2.05) is 52.8 Å². The third-order valence-corrected chi connectivity index (χ3v) is 6.36. The van der Waals surface area contributed by atoms with E-state index >= 15 is 0 Å². The normalized spacial score (nSPS) is 13.1. The molecule has 4 aromatic rings. The van der Waals surface area contributed by atoms with Crippen LogP contribution in [0.1, 0.15) is 38.7 Å². The van der Waals surface area contributed by atoms with Gasteiger partial charge in [0.25, 0.3) is 5.91 Å². The molecule has 4 heterocycles. The summed E-state index contributed by atoms with van der Waals surface area (Å²) in [5.74, 6) is 6.44. The lowest BCUT2D eigenvalue weighted by molar-refractivity contribution is -0.0286. The number of carbonyl (C=O) groups excluding carboxylic acids is 1. The first kappa shape index (κ1) is 21.9. The number of nitrogens with two attached hydrogens (primary N) is 1. The number of hydrogen-bond donors (Lipinski definition) is 2. The summed E-state index contributed by atoms with van der Waals surface area (Å²) < 4.78 is 7.16. The van der Waals surface area contributed by atoms with E-state index in [0.717, 1.165) is 22.3 Å². The van der Waals surface area contributed by atoms with Gasteiger partial charge >= 0.3 is 0 Å². The zero-order valence-electron chi connectivity index (χ0n) is 18.6. The number of nitrogen functional groups attached to an aromatic ring is 1. The number of anilines is 1. The number of carbonyl (C=O) groups is 1. The van der Waals surface area contributed by atoms with Crippen molar-refractivity contribution >= 4 is 23.1 Å². The maximum absolute atomic E-state index is 12.8. The molecular weight excluding hydrogens is 446 g/mol. The van der Waals surface area contributed by atoms with Gasteiger partial charge in [0.1, 0.15) is 5.82 Å². The average Bonchev–Trinajstić information content (AvgIpc) is 3.48. The topological polar surface area (TPSA) is 95.1 Å². The molecule has 7 nitrogen and oxygen atoms in total. The highest BCUT2D eigenvalue weighted by Gasteiger charge is 2.21. The lowest BCUT2D eigenvalue weighted by Gasteiger charge is -2.25. The summed E-state index contributed by atoms with van der Waals surface area (Å²) in [7, 11) is 0. The smallest absolute Gasteiger partial charge is 0.252 e. The molecule has 1 aliphatic rings. The van der Waals surface area contributed by atoms with Crippen LogP contribution in [0.3, 0.4) is 0 Å². The fraction of sp³-hybridized carbons (Fsp3) is 0.192. The van der Waals surface area contributed by atoms with E-state index in [9.17, 15) is 4.79 Å². The highest BCUT2D eigenvalue weighted by Crippen LogP contribution is 2.24. The van der Waals surface area contributed by atoms with Crippen LogP contribution >= 0.6 is 11.3 Å². The van der Waals surface area contributed by atoms with Gasteiger partial charge in [0.2, 0.25) is 0 Å². The average molecular weight is 470 g/mol. The number of nitrogens with one attached hydrogen (secondary N) is 1. The van der Waals surface area contributed by atoms with Crippen LogP contribution in [0.15, 0.2) is 59.7 Å². The second-order valence-corrected chi connectivity index (χ2v) is 8.95. The molecule has 5 rings (SSSR count). The van der Waals surface area contributed by atoms with Gasteiger partial charge in [-0.15, -0.1) is 0 Å². The van der Waals surface area contributed by atoms with Crippen LogP contribution in [0.2, 0.25) is 0 Å². The van der Waals surface area contributed by atoms with Crippen molar-refractivity contribution in [2.45, 2.75) is 19.5 Å². The first-order chi connectivity index (χ1) is 16.6. The van der Waals surface area contributed by atoms with Crippen molar-refractivity contribution in [1.82, 2.24) is 20.1 Å². The lowest BCUT2D eigenvalue weighted by Crippen LogP contribution is -2.30. The number of rotatable bonds is 5. The molecule has 0 aliphatic carbocycles. The Morgan fingerprint density at radius 2 is 2.06 bits per heavy atom. The summed E-state index contributed by atoms with van der Waals surface area (Å²) in [6.45, 7) is 3.80. The van der Waals surface area contributed by atoms with Crippen molar-refractivity contribution in [1.29, 1.82) is 0 Å². The van der Waals surface area contributed by atoms with Gasteiger partial charge in [-0.3, -0.25) is 9.48 Å². The third kappa shape index (κ3) is 4.71. The van der Waals surface area contributed by atoms with Gasteiger partial charge < -0.3 is 15.8 Å². The summed E-state index contributed by atoms with van der Waals surface area (Å²) in [5.41, 5.74) is 11.8. The van der Waals surface area contributed by atoms with E-state index in [2.05, 4.69) is 27.2 Å². The van der Waals surface area contributed by atoms with E-state index in [1.54, 1.807) is 29.8 Å². The zero-order chi connectivity index (χ0) is 23.5. The summed E-state index contributed by atoms with van der Waals surface area (Å²) in [5, 5.41) is 11.4. The van der Waals surface area contributed by atoms with Crippen LogP contribution in [-0.2, 0) is 11.3 Å². The van der Waals surface area contributed by atoms with Crippen molar-refractivity contribution in [3.63, 3.8) is 0 Å². The van der Waals surface area contributed by atoms with Gasteiger partial charge in [-0.25, -0.2) is 4.98 Å². The molecular formula is C26H23N5O2S. The molecule has 34 heavy (non-hydrogen) atoms. The van der Waals surface area contributed by atoms with Crippen LogP contribution in [-0.4, -0.2) is 33.9 Å². The van der Waals surface area contributed by atoms with Gasteiger partial charge in [-0.05, 0) is 53.1 Å². The predicted octanol–water partition coefficient (Wildman–Crippen LogP) is 3.80. The number of aromatic nitrogens is 3. The summed E-state index contributed by atoms with van der Waals surface area (Å²) in [6, 6.07) is 9.79. The van der Waals surface area contributed by atoms with Crippen molar-refractivity contribution < 1.29 is 9.53 Å². The molecule has 0 spiro atoms. The minimum atomic E-state index is -0.164. The third-order valence-electron chi connectivity index (χ3n) is 5.63. The van der Waals surface area contributed by atoms with Gasteiger partial charge in [0.15, 0.2) is 0 Å². The highest BCUT2D eigenvalue weighted by molar-refractivity contribution is 7.07. The summed E-state index contributed by atoms with van der Waals surface area (Å²) in [4.78, 5) is 17.2. The Hall–Kier alpha value is -3.93. The Kier molecular flexibility index (Phi) is 6.12. The Balaban J connectivity index is 1.40. The maximum Gasteiger partial charge on any atom is 0.252 e. The van der Waals surface area contributed by atoms with Crippen molar-refractivity contribution in [3.8, 4) is 23.0 Å². The van der Waals surface area contributed by atoms with E-state index in [4.69, 9.17) is 10.5 Å². The number of nitrogens with zero attached hydrogens (tertiary/aromatic N) is 3. The van der Waals surface area contributed by atoms with Gasteiger partial charge in [-0.1, -0.05) is 17.9 Å². The molecule has 1 aliphatic heterocycles. The molecule has 1 fully saturated rings. The number of aryl methyl sites for hydroxylation is 1. The number of amides is 1. The van der Waals surface area contributed by atoms with Crippen molar-refractivity contribution in [2.24, 2.45) is 0 Å². The molecule has 8 heteroatoms. The fourth-order valence-corrected chi connectivity index (χ4v) is 4.23. The molecule has 3 aromatic heterocycles. The molecule has 0 radical (unpaired) electrons. The van der Waals surface area contributed by atoms with E-state index in [1.165, 1.54) is 0 Å². The first-order valence-corrected chi connectivity index (χ1v) is 11.8. The van der Waals surface area contributed by atoms with E-state index < -0.39 is 0 Å². The predicted molar refractivity (Wildman–Crippen MR) is 132 cm³/mol. The number of thiophene rings is 1. The standard InChI is InChI=1S/C26H23N5O2S/c1-17-2-5-24(26(32)29-10-18-6-7-34-16-18)19(8-17)3-4-20-9-21(11-28-25(20)27)22-12-30-31(13-22)23-14-33-15-23/h2,5-9,11-13,16,23H,10,14-15H2,1H3,(H2,27,28)(H,29,32). The molecule has 1 saturated heterocycles. The van der Waals surface area contributed by atoms with E-state index in [-0.39, 0.29) is 11.9 Å². The second-order valence-electron chi connectivity index (χ2n) is 8.17. The van der Waals surface area contributed by atoms with Crippen LogP contribution in [0.4, 0.5) is 5.82 Å². The highest BCUT2D eigenvalue weighted by atomic mass is 32.1. The Morgan fingerprint density at radius 3 is 2.82 bits per heavy atom. The van der Waals surface area contributed by atoms with Crippen LogP contribution in [0.25, 0.3) is 11.1 Å². The molecule has 0 unspecified atom stereocenters. The number of benzene rings is 1. The monoisotopic (exact) mass is 469 g/mol. The minimum absolute atomic E-state index is 0.164. The van der Waals surface area contributed by atoms with Gasteiger partial charge in [0, 0.05) is 35.6 Å². The van der Waals surface area contributed by atoms with Gasteiger partial charge in [-0.2, -0.15) is 16.4 Å². The first-order valence-electron chi connectivity index (χ1n) is 10.9. The van der Waals surface area contributed by atoms with E-state index in [0.29, 0.717) is 42.3 Å². The molecule has 0 saturated carbocycles. The van der Waals surface area contributed by atoms with Crippen LogP contribution in [0, 0.1) is 18.8 Å². The quantitative estimate of drug-likeness (QED) is 0.434. The Morgan fingerprint density at radius 1 is 1.21 bits per heavy atom. The summed E-state index contributed by atoms with van der Waals surface area (Å²) in [6.07, 6.45) is 5.50. The molecule has 170 valence electrons. The van der Waals surface area contributed by atoms with Crippen LogP contribution < -0.4 is 11.1 Å².